The molecule has 6 heteroatoms. The van der Waals surface area contributed by atoms with Crippen molar-refractivity contribution in [3.63, 3.8) is 0 Å². The van der Waals surface area contributed by atoms with E-state index in [4.69, 9.17) is 11.0 Å². The van der Waals surface area contributed by atoms with Crippen molar-refractivity contribution in [1.82, 2.24) is 0 Å². The van der Waals surface area contributed by atoms with Crippen LogP contribution in [0.1, 0.15) is 25.3 Å². The summed E-state index contributed by atoms with van der Waals surface area (Å²) in [5.74, 6) is 0. The molecule has 0 aliphatic rings. The minimum atomic E-state index is -0.493. The number of nitrogens with two attached hydrogens (primary N) is 1. The zero-order chi connectivity index (χ0) is 13.7. The molecule has 18 heavy (non-hydrogen) atoms. The Morgan fingerprint density at radius 1 is 1.56 bits per heavy atom. The molecule has 0 aromatic heterocycles. The molecule has 0 fully saturated rings. The molecule has 0 spiro atoms. The lowest BCUT2D eigenvalue weighted by Crippen LogP contribution is -2.02. The van der Waals surface area contributed by atoms with Crippen molar-refractivity contribution in [3.05, 3.63) is 43.9 Å². The summed E-state index contributed by atoms with van der Waals surface area (Å²) in [6, 6.07) is 6.46. The minimum Gasteiger partial charge on any atom is -0.397 e. The van der Waals surface area contributed by atoms with Crippen LogP contribution in [0.2, 0.25) is 0 Å². The molecule has 0 radical (unpaired) electrons. The average molecular weight is 310 g/mol. The molecule has 0 saturated carbocycles. The first-order chi connectivity index (χ1) is 8.49. The van der Waals surface area contributed by atoms with E-state index in [1.54, 1.807) is 6.07 Å². The maximum absolute atomic E-state index is 10.8. The van der Waals surface area contributed by atoms with E-state index in [-0.39, 0.29) is 5.69 Å². The quantitative estimate of drug-likeness (QED) is 0.524. The Hall–Kier alpha value is -1.87. The van der Waals surface area contributed by atoms with Crippen LogP contribution >= 0.6 is 15.9 Å². The molecule has 0 aliphatic heterocycles. The summed E-state index contributed by atoms with van der Waals surface area (Å²) in [5.41, 5.74) is 7.06. The van der Waals surface area contributed by atoms with E-state index in [9.17, 15) is 10.1 Å². The number of nitro groups is 1. The molecule has 1 rings (SSSR count). The predicted molar refractivity (Wildman–Crippen MR) is 72.4 cm³/mol. The molecule has 1 aromatic carbocycles. The van der Waals surface area contributed by atoms with Gasteiger partial charge in [0.15, 0.2) is 0 Å². The summed E-state index contributed by atoms with van der Waals surface area (Å²) < 4.78 is 0.559. The molecular formula is C12H12BrN3O2. The van der Waals surface area contributed by atoms with Gasteiger partial charge in [-0.05, 0) is 12.5 Å². The summed E-state index contributed by atoms with van der Waals surface area (Å²) in [7, 11) is 0. The third-order valence-corrected chi connectivity index (χ3v) is 2.82. The molecule has 94 valence electrons. The summed E-state index contributed by atoms with van der Waals surface area (Å²) in [6.45, 7) is 1.94. The fourth-order valence-electron chi connectivity index (χ4n) is 1.51. The molecule has 2 N–H and O–H groups in total. The largest absolute Gasteiger partial charge is 0.397 e. The van der Waals surface area contributed by atoms with E-state index in [1.165, 1.54) is 12.1 Å². The second kappa shape index (κ2) is 6.17. The molecule has 0 atom stereocenters. The Bertz CT molecular complexity index is 547. The van der Waals surface area contributed by atoms with Crippen molar-refractivity contribution < 1.29 is 4.92 Å². The fourth-order valence-corrected chi connectivity index (χ4v) is 1.99. The van der Waals surface area contributed by atoms with Crippen molar-refractivity contribution in [2.45, 2.75) is 19.8 Å². The van der Waals surface area contributed by atoms with Crippen molar-refractivity contribution in [2.75, 3.05) is 0 Å². The molecule has 0 unspecified atom stereocenters. The van der Waals surface area contributed by atoms with Gasteiger partial charge in [-0.2, -0.15) is 5.26 Å². The highest BCUT2D eigenvalue weighted by molar-refractivity contribution is 9.10. The van der Waals surface area contributed by atoms with Gasteiger partial charge in [-0.3, -0.25) is 10.1 Å². The summed E-state index contributed by atoms with van der Waals surface area (Å²) in [5, 5.41) is 19.8. The van der Waals surface area contributed by atoms with Crippen LogP contribution in [0.25, 0.3) is 5.70 Å². The van der Waals surface area contributed by atoms with Gasteiger partial charge in [-0.15, -0.1) is 0 Å². The molecule has 1 aromatic rings. The normalized spacial score (nSPS) is 11.6. The maximum Gasteiger partial charge on any atom is 0.271 e. The Balaban J connectivity index is 3.33. The lowest BCUT2D eigenvalue weighted by Gasteiger charge is -2.06. The first kappa shape index (κ1) is 14.2. The standard InChI is InChI=1S/C12H12BrN3O2/c1-2-3-8(7-14)12(15)9-4-10(13)6-11(5-9)16(17)18/h4-6H,2-3,15H2,1H3/b12-8-. The van der Waals surface area contributed by atoms with Gasteiger partial charge < -0.3 is 5.73 Å². The van der Waals surface area contributed by atoms with E-state index in [0.29, 0.717) is 27.7 Å². The minimum absolute atomic E-state index is 0.0592. The van der Waals surface area contributed by atoms with Gasteiger partial charge >= 0.3 is 0 Å². The predicted octanol–water partition coefficient (Wildman–Crippen LogP) is 3.35. The Morgan fingerprint density at radius 2 is 2.22 bits per heavy atom. The third-order valence-electron chi connectivity index (χ3n) is 2.36. The van der Waals surface area contributed by atoms with Crippen molar-refractivity contribution in [3.8, 4) is 6.07 Å². The van der Waals surface area contributed by atoms with Crippen molar-refractivity contribution in [1.29, 1.82) is 5.26 Å². The highest BCUT2D eigenvalue weighted by Crippen LogP contribution is 2.26. The fraction of sp³-hybridized carbons (Fsp3) is 0.250. The molecule has 0 heterocycles. The number of rotatable bonds is 4. The lowest BCUT2D eigenvalue weighted by atomic mass is 10.0. The SMILES string of the molecule is CCC/C(C#N)=C(/N)c1cc(Br)cc([N+](=O)[O-])c1. The van der Waals surface area contributed by atoms with Gasteiger partial charge in [0.25, 0.3) is 5.69 Å². The number of nitrogens with zero attached hydrogens (tertiary/aromatic N) is 2. The Labute approximate surface area is 113 Å². The van der Waals surface area contributed by atoms with E-state index in [2.05, 4.69) is 15.9 Å². The van der Waals surface area contributed by atoms with Gasteiger partial charge in [0, 0.05) is 22.2 Å². The average Bonchev–Trinajstić information content (AvgIpc) is 2.34. The number of non-ortho nitro benzene ring substituents is 1. The Morgan fingerprint density at radius 3 is 2.72 bits per heavy atom. The second-order valence-corrected chi connectivity index (χ2v) is 4.62. The third kappa shape index (κ3) is 3.31. The van der Waals surface area contributed by atoms with Crippen LogP contribution in [0.5, 0.6) is 0 Å². The number of allylic oxidation sites excluding steroid dienone is 1. The zero-order valence-corrected chi connectivity index (χ0v) is 11.4. The molecule has 0 aliphatic carbocycles. The molecule has 0 amide bonds. The Kier molecular flexibility index (Phi) is 4.86. The maximum atomic E-state index is 10.8. The number of halogens is 1. The van der Waals surface area contributed by atoms with Crippen LogP contribution in [0.15, 0.2) is 28.2 Å². The zero-order valence-electron chi connectivity index (χ0n) is 9.81. The number of nitro benzene ring substituents is 1. The van der Waals surface area contributed by atoms with E-state index in [0.717, 1.165) is 6.42 Å². The topological polar surface area (TPSA) is 93.0 Å². The van der Waals surface area contributed by atoms with Crippen LogP contribution in [-0.4, -0.2) is 4.92 Å². The van der Waals surface area contributed by atoms with Crippen LogP contribution in [-0.2, 0) is 0 Å². The first-order valence-corrected chi connectivity index (χ1v) is 6.13. The van der Waals surface area contributed by atoms with Gasteiger partial charge in [0.1, 0.15) is 0 Å². The highest BCUT2D eigenvalue weighted by atomic mass is 79.9. The molecule has 5 nitrogen and oxygen atoms in total. The molecule has 0 saturated heterocycles. The second-order valence-electron chi connectivity index (χ2n) is 3.71. The van der Waals surface area contributed by atoms with Crippen molar-refractivity contribution >= 4 is 27.3 Å². The van der Waals surface area contributed by atoms with E-state index >= 15 is 0 Å². The van der Waals surface area contributed by atoms with Crippen LogP contribution in [0, 0.1) is 21.4 Å². The molecular weight excluding hydrogens is 298 g/mol. The van der Waals surface area contributed by atoms with Crippen molar-refractivity contribution in [2.24, 2.45) is 5.73 Å². The highest BCUT2D eigenvalue weighted by Gasteiger charge is 2.12. The van der Waals surface area contributed by atoms with Gasteiger partial charge in [0.05, 0.1) is 22.3 Å². The summed E-state index contributed by atoms with van der Waals surface area (Å²) >= 11 is 3.19. The number of hydrogen-bond donors (Lipinski definition) is 1. The van der Waals surface area contributed by atoms with Gasteiger partial charge in [0.2, 0.25) is 0 Å². The molecule has 0 bridgehead atoms. The number of nitriles is 1. The lowest BCUT2D eigenvalue weighted by molar-refractivity contribution is -0.384. The van der Waals surface area contributed by atoms with E-state index in [1.807, 2.05) is 13.0 Å². The number of benzene rings is 1. The van der Waals surface area contributed by atoms with Gasteiger partial charge in [-0.1, -0.05) is 29.3 Å². The number of hydrogen-bond acceptors (Lipinski definition) is 4. The van der Waals surface area contributed by atoms with Crippen LogP contribution in [0.3, 0.4) is 0 Å². The van der Waals surface area contributed by atoms with Crippen LogP contribution < -0.4 is 5.73 Å². The first-order valence-electron chi connectivity index (χ1n) is 5.33. The van der Waals surface area contributed by atoms with E-state index < -0.39 is 4.92 Å². The van der Waals surface area contributed by atoms with Crippen LogP contribution in [0.4, 0.5) is 5.69 Å². The summed E-state index contributed by atoms with van der Waals surface area (Å²) in [6.07, 6.45) is 1.35. The smallest absolute Gasteiger partial charge is 0.271 e. The monoisotopic (exact) mass is 309 g/mol. The summed E-state index contributed by atoms with van der Waals surface area (Å²) in [4.78, 5) is 10.3. The van der Waals surface area contributed by atoms with Gasteiger partial charge in [-0.25, -0.2) is 0 Å².